The minimum Gasteiger partial charge on any atom is -0.316 e. The Labute approximate surface area is 95.3 Å². The molecule has 3 aromatic rings. The van der Waals surface area contributed by atoms with Crippen LogP contribution in [0, 0.1) is 0 Å². The summed E-state index contributed by atoms with van der Waals surface area (Å²) in [6, 6.07) is 3.63. The fourth-order valence-electron chi connectivity index (χ4n) is 2.11. The molecule has 3 heterocycles. The average Bonchev–Trinajstić information content (AvgIpc) is 3.08. The van der Waals surface area contributed by atoms with Crippen molar-refractivity contribution < 1.29 is 0 Å². The zero-order valence-electron chi connectivity index (χ0n) is 8.92. The van der Waals surface area contributed by atoms with Crippen LogP contribution < -0.4 is 5.56 Å². The van der Waals surface area contributed by atoms with Gasteiger partial charge in [-0.25, -0.2) is 4.98 Å². The molecule has 0 radical (unpaired) electrons. The van der Waals surface area contributed by atoms with E-state index in [1.807, 2.05) is 6.07 Å². The number of aromatic nitrogens is 5. The topological polar surface area (TPSA) is 75.9 Å². The molecule has 1 aliphatic carbocycles. The third-order valence-electron chi connectivity index (χ3n) is 3.08. The first kappa shape index (κ1) is 8.86. The number of nitrogens with one attached hydrogen (secondary N) is 1. The van der Waals surface area contributed by atoms with E-state index in [0.717, 1.165) is 18.7 Å². The predicted molar refractivity (Wildman–Crippen MR) is 60.9 cm³/mol. The Kier molecular flexibility index (Phi) is 1.52. The van der Waals surface area contributed by atoms with E-state index in [1.165, 1.54) is 0 Å². The van der Waals surface area contributed by atoms with Crippen molar-refractivity contribution >= 4 is 16.8 Å². The number of nitrogens with zero attached hydrogens (tertiary/aromatic N) is 4. The number of pyridine rings is 1. The van der Waals surface area contributed by atoms with Crippen LogP contribution >= 0.6 is 0 Å². The van der Waals surface area contributed by atoms with E-state index in [1.54, 1.807) is 16.7 Å². The molecule has 0 unspecified atom stereocenters. The van der Waals surface area contributed by atoms with Crippen molar-refractivity contribution in [1.29, 1.82) is 0 Å². The summed E-state index contributed by atoms with van der Waals surface area (Å²) < 4.78 is 1.78. The van der Waals surface area contributed by atoms with E-state index in [0.29, 0.717) is 22.7 Å². The molecule has 0 bridgehead atoms. The van der Waals surface area contributed by atoms with Gasteiger partial charge in [0.25, 0.3) is 5.56 Å². The zero-order chi connectivity index (χ0) is 11.4. The zero-order valence-corrected chi connectivity index (χ0v) is 8.92. The quantitative estimate of drug-likeness (QED) is 0.668. The Morgan fingerprint density at radius 2 is 2.18 bits per heavy atom. The SMILES string of the molecule is O=c1[nH]c2cccnc2n2c(C3CC3)nnc12. The molecular weight excluding hydrogens is 218 g/mol. The molecule has 17 heavy (non-hydrogen) atoms. The van der Waals surface area contributed by atoms with Crippen molar-refractivity contribution in [2.45, 2.75) is 18.8 Å². The maximum absolute atomic E-state index is 11.8. The average molecular weight is 227 g/mol. The number of hydrogen-bond donors (Lipinski definition) is 1. The Bertz CT molecular complexity index is 783. The molecule has 0 aliphatic heterocycles. The summed E-state index contributed by atoms with van der Waals surface area (Å²) in [5.74, 6) is 1.28. The second-order valence-electron chi connectivity index (χ2n) is 4.32. The first-order valence-corrected chi connectivity index (χ1v) is 5.56. The molecule has 84 valence electrons. The highest BCUT2D eigenvalue weighted by Gasteiger charge is 2.30. The van der Waals surface area contributed by atoms with Gasteiger partial charge in [-0.15, -0.1) is 10.2 Å². The first-order valence-electron chi connectivity index (χ1n) is 5.56. The van der Waals surface area contributed by atoms with Crippen molar-refractivity contribution in [3.63, 3.8) is 0 Å². The van der Waals surface area contributed by atoms with Gasteiger partial charge in [-0.2, -0.15) is 0 Å². The van der Waals surface area contributed by atoms with Crippen LogP contribution in [0.25, 0.3) is 16.8 Å². The Morgan fingerprint density at radius 1 is 1.29 bits per heavy atom. The Hall–Kier alpha value is -2.24. The third-order valence-corrected chi connectivity index (χ3v) is 3.08. The molecule has 3 aromatic heterocycles. The molecule has 4 rings (SSSR count). The molecule has 0 atom stereocenters. The predicted octanol–water partition coefficient (Wildman–Crippen LogP) is 0.843. The lowest BCUT2D eigenvalue weighted by molar-refractivity contribution is 0.903. The van der Waals surface area contributed by atoms with Crippen LogP contribution in [0.2, 0.25) is 0 Å². The van der Waals surface area contributed by atoms with Crippen LogP contribution in [0.15, 0.2) is 23.1 Å². The van der Waals surface area contributed by atoms with Crippen molar-refractivity contribution in [2.75, 3.05) is 0 Å². The smallest absolute Gasteiger partial charge is 0.294 e. The molecule has 0 saturated heterocycles. The lowest BCUT2D eigenvalue weighted by Crippen LogP contribution is -2.12. The molecular formula is C11H9N5O. The van der Waals surface area contributed by atoms with Gasteiger partial charge >= 0.3 is 0 Å². The van der Waals surface area contributed by atoms with Crippen LogP contribution in [-0.2, 0) is 0 Å². The largest absolute Gasteiger partial charge is 0.316 e. The van der Waals surface area contributed by atoms with Crippen LogP contribution in [-0.4, -0.2) is 24.6 Å². The van der Waals surface area contributed by atoms with E-state index >= 15 is 0 Å². The van der Waals surface area contributed by atoms with Crippen LogP contribution in [0.4, 0.5) is 0 Å². The maximum atomic E-state index is 11.8. The highest BCUT2D eigenvalue weighted by atomic mass is 16.1. The monoisotopic (exact) mass is 227 g/mol. The highest BCUT2D eigenvalue weighted by molar-refractivity contribution is 5.72. The molecule has 0 amide bonds. The summed E-state index contributed by atoms with van der Waals surface area (Å²) in [5.41, 5.74) is 1.55. The standard InChI is InChI=1S/C11H9N5O/c17-11-10-15-14-8(6-3-4-6)16(10)9-7(13-11)2-1-5-12-9/h1-2,5-6H,3-4H2,(H,13,17). The molecule has 1 saturated carbocycles. The fraction of sp³-hybridized carbons (Fsp3) is 0.273. The van der Waals surface area contributed by atoms with Gasteiger partial charge in [0.1, 0.15) is 5.82 Å². The van der Waals surface area contributed by atoms with E-state index in [-0.39, 0.29) is 5.56 Å². The van der Waals surface area contributed by atoms with Crippen LogP contribution in [0.1, 0.15) is 24.6 Å². The van der Waals surface area contributed by atoms with E-state index in [2.05, 4.69) is 20.2 Å². The molecule has 1 fully saturated rings. The maximum Gasteiger partial charge on any atom is 0.294 e. The number of fused-ring (bicyclic) bond motifs is 3. The van der Waals surface area contributed by atoms with Gasteiger partial charge in [0.15, 0.2) is 5.65 Å². The molecule has 0 aromatic carbocycles. The van der Waals surface area contributed by atoms with Crippen molar-refractivity contribution in [2.24, 2.45) is 0 Å². The number of aromatic amines is 1. The lowest BCUT2D eigenvalue weighted by Gasteiger charge is -2.01. The van der Waals surface area contributed by atoms with Crippen LogP contribution in [0.3, 0.4) is 0 Å². The lowest BCUT2D eigenvalue weighted by atomic mass is 10.3. The van der Waals surface area contributed by atoms with Gasteiger partial charge < -0.3 is 4.98 Å². The summed E-state index contributed by atoms with van der Waals surface area (Å²) in [7, 11) is 0. The molecule has 1 aliphatic rings. The summed E-state index contributed by atoms with van der Waals surface area (Å²) in [5, 5.41) is 8.08. The Balaban J connectivity index is 2.27. The van der Waals surface area contributed by atoms with Gasteiger partial charge in [-0.1, -0.05) is 0 Å². The first-order chi connectivity index (χ1) is 8.34. The van der Waals surface area contributed by atoms with Crippen LogP contribution in [0.5, 0.6) is 0 Å². The molecule has 6 heteroatoms. The normalized spacial score (nSPS) is 15.8. The van der Waals surface area contributed by atoms with Gasteiger partial charge in [-0.05, 0) is 25.0 Å². The molecule has 1 N–H and O–H groups in total. The number of H-pyrrole nitrogens is 1. The van der Waals surface area contributed by atoms with Crippen molar-refractivity contribution in [3.05, 3.63) is 34.5 Å². The summed E-state index contributed by atoms with van der Waals surface area (Å²) in [6.07, 6.45) is 3.93. The van der Waals surface area contributed by atoms with Crippen molar-refractivity contribution in [3.8, 4) is 0 Å². The highest BCUT2D eigenvalue weighted by Crippen LogP contribution is 2.39. The summed E-state index contributed by atoms with van der Waals surface area (Å²) >= 11 is 0. The van der Waals surface area contributed by atoms with Gasteiger partial charge in [-0.3, -0.25) is 9.20 Å². The third kappa shape index (κ3) is 1.15. The second-order valence-corrected chi connectivity index (χ2v) is 4.32. The minimum atomic E-state index is -0.218. The molecule has 6 nitrogen and oxygen atoms in total. The molecule has 0 spiro atoms. The van der Waals surface area contributed by atoms with E-state index in [9.17, 15) is 4.79 Å². The summed E-state index contributed by atoms with van der Waals surface area (Å²) in [6.45, 7) is 0. The van der Waals surface area contributed by atoms with Gasteiger partial charge in [0.2, 0.25) is 5.65 Å². The second kappa shape index (κ2) is 2.91. The minimum absolute atomic E-state index is 0.218. The fourth-order valence-corrected chi connectivity index (χ4v) is 2.11. The van der Waals surface area contributed by atoms with Gasteiger partial charge in [0, 0.05) is 12.1 Å². The number of rotatable bonds is 1. The summed E-state index contributed by atoms with van der Waals surface area (Å²) in [4.78, 5) is 18.9. The number of hydrogen-bond acceptors (Lipinski definition) is 4. The van der Waals surface area contributed by atoms with Crippen molar-refractivity contribution in [1.82, 2.24) is 24.6 Å². The van der Waals surface area contributed by atoms with E-state index in [4.69, 9.17) is 0 Å². The van der Waals surface area contributed by atoms with E-state index < -0.39 is 0 Å². The Morgan fingerprint density at radius 3 is 3.00 bits per heavy atom. The van der Waals surface area contributed by atoms with Gasteiger partial charge in [0.05, 0.1) is 5.52 Å².